The van der Waals surface area contributed by atoms with Crippen molar-refractivity contribution in [2.45, 2.75) is 31.1 Å². The smallest absolute Gasteiger partial charge is 0.269 e. The van der Waals surface area contributed by atoms with Crippen LogP contribution < -0.4 is 5.73 Å². The third-order valence-electron chi connectivity index (χ3n) is 4.70. The Morgan fingerprint density at radius 1 is 1.21 bits per heavy atom. The summed E-state index contributed by atoms with van der Waals surface area (Å²) in [7, 11) is 0. The van der Waals surface area contributed by atoms with E-state index in [9.17, 15) is 20.3 Å². The number of aliphatic hydroxyl groups excluding tert-OH is 2. The number of nitro benzene ring substituents is 1. The van der Waals surface area contributed by atoms with Crippen LogP contribution >= 0.6 is 0 Å². The maximum atomic E-state index is 10.7. The number of aliphatic hydroxyl groups is 2. The van der Waals surface area contributed by atoms with Crippen molar-refractivity contribution in [2.75, 3.05) is 12.3 Å². The first-order valence-electron chi connectivity index (χ1n) is 8.71. The summed E-state index contributed by atoms with van der Waals surface area (Å²) in [5.74, 6) is 0.199. The summed E-state index contributed by atoms with van der Waals surface area (Å²) < 4.78 is 12.8. The van der Waals surface area contributed by atoms with E-state index >= 15 is 0 Å². The van der Waals surface area contributed by atoms with E-state index in [1.165, 1.54) is 29.4 Å². The summed E-state index contributed by atoms with van der Waals surface area (Å²) in [5.41, 5.74) is 7.24. The van der Waals surface area contributed by atoms with Crippen LogP contribution in [-0.2, 0) is 16.1 Å². The van der Waals surface area contributed by atoms with E-state index in [-0.39, 0.29) is 24.7 Å². The number of nitrogens with two attached hydrogens (primary N) is 1. The SMILES string of the molecule is Nc1ncnc2c1ncn2[C@@H]1O[C@H](COCc2ccc([N+](=O)[O-])cc2)[C@@H](O)[C@H]1O. The van der Waals surface area contributed by atoms with Crippen molar-refractivity contribution in [3.8, 4) is 0 Å². The fraction of sp³-hybridized carbons (Fsp3) is 0.353. The highest BCUT2D eigenvalue weighted by molar-refractivity contribution is 5.81. The van der Waals surface area contributed by atoms with Gasteiger partial charge >= 0.3 is 0 Å². The number of aromatic nitrogens is 4. The molecular formula is C17H18N6O6. The fourth-order valence-corrected chi connectivity index (χ4v) is 3.16. The number of imidazole rings is 1. The molecule has 3 heterocycles. The number of nitrogens with zero attached hydrogens (tertiary/aromatic N) is 5. The maximum Gasteiger partial charge on any atom is 0.269 e. The molecule has 12 heteroatoms. The molecule has 0 amide bonds. The highest BCUT2D eigenvalue weighted by Crippen LogP contribution is 2.32. The van der Waals surface area contributed by atoms with Crippen molar-refractivity contribution in [1.82, 2.24) is 19.5 Å². The van der Waals surface area contributed by atoms with Crippen molar-refractivity contribution < 1.29 is 24.6 Å². The molecule has 3 aromatic rings. The molecule has 4 rings (SSSR count). The zero-order valence-corrected chi connectivity index (χ0v) is 15.0. The Morgan fingerprint density at radius 3 is 2.69 bits per heavy atom. The number of hydrogen-bond acceptors (Lipinski definition) is 10. The molecule has 0 saturated carbocycles. The molecule has 0 radical (unpaired) electrons. The topological polar surface area (TPSA) is 172 Å². The third kappa shape index (κ3) is 3.61. The average molecular weight is 402 g/mol. The largest absolute Gasteiger partial charge is 0.387 e. The lowest BCUT2D eigenvalue weighted by molar-refractivity contribution is -0.384. The lowest BCUT2D eigenvalue weighted by Gasteiger charge is -2.16. The number of nitrogen functional groups attached to an aromatic ring is 1. The normalized spacial score (nSPS) is 24.2. The monoisotopic (exact) mass is 402 g/mol. The van der Waals surface area contributed by atoms with Crippen LogP contribution in [0.4, 0.5) is 11.5 Å². The van der Waals surface area contributed by atoms with E-state index < -0.39 is 29.5 Å². The number of rotatable bonds is 6. The van der Waals surface area contributed by atoms with Gasteiger partial charge in [-0.05, 0) is 17.7 Å². The summed E-state index contributed by atoms with van der Waals surface area (Å²) in [6.45, 7) is 0.179. The lowest BCUT2D eigenvalue weighted by Crippen LogP contribution is -2.33. The molecule has 0 unspecified atom stereocenters. The minimum Gasteiger partial charge on any atom is -0.387 e. The quantitative estimate of drug-likeness (QED) is 0.381. The van der Waals surface area contributed by atoms with E-state index in [2.05, 4.69) is 15.0 Å². The first-order chi connectivity index (χ1) is 14.0. The zero-order chi connectivity index (χ0) is 20.5. The zero-order valence-electron chi connectivity index (χ0n) is 15.0. The Kier molecular flexibility index (Phi) is 5.07. The van der Waals surface area contributed by atoms with Crippen LogP contribution in [0.2, 0.25) is 0 Å². The van der Waals surface area contributed by atoms with Crippen molar-refractivity contribution >= 4 is 22.7 Å². The predicted molar refractivity (Wildman–Crippen MR) is 98.4 cm³/mol. The van der Waals surface area contributed by atoms with Crippen LogP contribution in [0.5, 0.6) is 0 Å². The van der Waals surface area contributed by atoms with Crippen molar-refractivity contribution in [2.24, 2.45) is 0 Å². The van der Waals surface area contributed by atoms with Crippen LogP contribution in [0.1, 0.15) is 11.8 Å². The Hall–Kier alpha value is -3.19. The second-order valence-electron chi connectivity index (χ2n) is 6.57. The number of fused-ring (bicyclic) bond motifs is 1. The molecule has 1 aliphatic heterocycles. The van der Waals surface area contributed by atoms with Gasteiger partial charge in [-0.2, -0.15) is 0 Å². The predicted octanol–water partition coefficient (Wildman–Crippen LogP) is 0.153. The summed E-state index contributed by atoms with van der Waals surface area (Å²) in [4.78, 5) is 22.3. The van der Waals surface area contributed by atoms with Gasteiger partial charge in [0, 0.05) is 12.1 Å². The molecule has 2 aromatic heterocycles. The Morgan fingerprint density at radius 2 is 1.97 bits per heavy atom. The maximum absolute atomic E-state index is 10.7. The van der Waals surface area contributed by atoms with E-state index in [1.54, 1.807) is 12.1 Å². The van der Waals surface area contributed by atoms with Gasteiger partial charge in [0.2, 0.25) is 0 Å². The highest BCUT2D eigenvalue weighted by atomic mass is 16.6. The molecule has 12 nitrogen and oxygen atoms in total. The number of non-ortho nitro benzene ring substituents is 1. The summed E-state index contributed by atoms with van der Waals surface area (Å²) in [6.07, 6.45) is -1.43. The van der Waals surface area contributed by atoms with E-state index in [4.69, 9.17) is 15.2 Å². The van der Waals surface area contributed by atoms with Gasteiger partial charge in [0.15, 0.2) is 17.7 Å². The van der Waals surface area contributed by atoms with E-state index in [0.717, 1.165) is 5.56 Å². The molecule has 1 aliphatic rings. The van der Waals surface area contributed by atoms with Crippen LogP contribution in [0.15, 0.2) is 36.9 Å². The Labute approximate surface area is 163 Å². The van der Waals surface area contributed by atoms with Gasteiger partial charge in [-0.1, -0.05) is 0 Å². The fourth-order valence-electron chi connectivity index (χ4n) is 3.16. The number of ether oxygens (including phenoxy) is 2. The summed E-state index contributed by atoms with van der Waals surface area (Å²) >= 11 is 0. The molecule has 4 N–H and O–H groups in total. The van der Waals surface area contributed by atoms with Crippen molar-refractivity contribution in [1.29, 1.82) is 0 Å². The first kappa shape index (κ1) is 19.1. The van der Waals surface area contributed by atoms with Crippen molar-refractivity contribution in [3.63, 3.8) is 0 Å². The summed E-state index contributed by atoms with van der Waals surface area (Å²) in [5, 5.41) is 31.4. The van der Waals surface area contributed by atoms with Gasteiger partial charge in [-0.15, -0.1) is 0 Å². The minimum absolute atomic E-state index is 0.00809. The van der Waals surface area contributed by atoms with Crippen LogP contribution in [0, 0.1) is 10.1 Å². The number of anilines is 1. The molecule has 4 atom stereocenters. The second-order valence-corrected chi connectivity index (χ2v) is 6.57. The molecule has 0 spiro atoms. The molecule has 1 aromatic carbocycles. The van der Waals surface area contributed by atoms with Gasteiger partial charge in [-0.25, -0.2) is 15.0 Å². The Bertz CT molecular complexity index is 1020. The second kappa shape index (κ2) is 7.67. The van der Waals surface area contributed by atoms with E-state index in [0.29, 0.717) is 11.2 Å². The minimum atomic E-state index is -1.23. The molecular weight excluding hydrogens is 384 g/mol. The third-order valence-corrected chi connectivity index (χ3v) is 4.70. The standard InChI is InChI=1S/C17H18N6O6/c18-15-12-16(20-7-19-15)22(8-21-12)17-14(25)13(24)11(29-17)6-28-5-9-1-3-10(4-2-9)23(26)27/h1-4,7-8,11,13-14,17,24-25H,5-6H2,(H2,18,19,20)/t11-,13-,14-,17-/m1/s1. The van der Waals surface area contributed by atoms with Gasteiger partial charge in [-0.3, -0.25) is 14.7 Å². The average Bonchev–Trinajstić information content (AvgIpc) is 3.26. The van der Waals surface area contributed by atoms with Gasteiger partial charge in [0.1, 0.15) is 30.2 Å². The number of benzene rings is 1. The Balaban J connectivity index is 1.41. The molecule has 0 aliphatic carbocycles. The van der Waals surface area contributed by atoms with Gasteiger partial charge in [0.05, 0.1) is 24.5 Å². The van der Waals surface area contributed by atoms with Crippen LogP contribution in [0.25, 0.3) is 11.2 Å². The van der Waals surface area contributed by atoms with E-state index in [1.807, 2.05) is 0 Å². The van der Waals surface area contributed by atoms with Gasteiger partial charge in [0.25, 0.3) is 5.69 Å². The van der Waals surface area contributed by atoms with Crippen LogP contribution in [0.3, 0.4) is 0 Å². The number of hydrogen-bond donors (Lipinski definition) is 3. The van der Waals surface area contributed by atoms with Gasteiger partial charge < -0.3 is 25.4 Å². The number of nitro groups is 1. The molecule has 1 saturated heterocycles. The lowest BCUT2D eigenvalue weighted by atomic mass is 10.1. The van der Waals surface area contributed by atoms with Crippen molar-refractivity contribution in [3.05, 3.63) is 52.6 Å². The molecule has 0 bridgehead atoms. The first-order valence-corrected chi connectivity index (χ1v) is 8.71. The highest BCUT2D eigenvalue weighted by Gasteiger charge is 2.44. The molecule has 29 heavy (non-hydrogen) atoms. The molecule has 152 valence electrons. The summed E-state index contributed by atoms with van der Waals surface area (Å²) in [6, 6.07) is 5.95. The molecule has 1 fully saturated rings. The van der Waals surface area contributed by atoms with Crippen LogP contribution in [-0.4, -0.2) is 59.6 Å².